The van der Waals surface area contributed by atoms with Crippen LogP contribution in [0.15, 0.2) is 54.6 Å². The summed E-state index contributed by atoms with van der Waals surface area (Å²) in [6.07, 6.45) is 0.448. The number of fused-ring (bicyclic) bond motifs is 2. The average molecular weight is 398 g/mol. The Morgan fingerprint density at radius 1 is 1.00 bits per heavy atom. The van der Waals surface area contributed by atoms with E-state index in [2.05, 4.69) is 10.1 Å². The summed E-state index contributed by atoms with van der Waals surface area (Å²) in [6.45, 7) is 0.0161. The van der Waals surface area contributed by atoms with Gasteiger partial charge in [0.2, 0.25) is 5.82 Å². The van der Waals surface area contributed by atoms with Gasteiger partial charge in [-0.2, -0.15) is 0 Å². The highest BCUT2D eigenvalue weighted by Gasteiger charge is 2.61. The van der Waals surface area contributed by atoms with Gasteiger partial charge in [-0.1, -0.05) is 30.3 Å². The first-order valence-corrected chi connectivity index (χ1v) is 9.39. The van der Waals surface area contributed by atoms with Gasteiger partial charge in [-0.15, -0.1) is 5.10 Å². The molecule has 3 aliphatic rings. The fourth-order valence-electron chi connectivity index (χ4n) is 4.08. The van der Waals surface area contributed by atoms with Crippen molar-refractivity contribution >= 4 is 5.91 Å². The summed E-state index contributed by atoms with van der Waals surface area (Å²) in [5, 5.41) is 4.34. The molecule has 1 saturated carbocycles. The van der Waals surface area contributed by atoms with Crippen LogP contribution in [0.25, 0.3) is 17.1 Å². The normalized spacial score (nSPS) is 22.2. The van der Waals surface area contributed by atoms with Crippen molar-refractivity contribution in [2.45, 2.75) is 12.3 Å². The molecule has 2 atom stereocenters. The first-order chi connectivity index (χ1) is 13.9. The Labute approximate surface area is 164 Å². The molecule has 2 unspecified atom stereocenters. The smallest absolute Gasteiger partial charge is 0.293 e. The lowest BCUT2D eigenvalue weighted by Gasteiger charge is -2.52. The minimum absolute atomic E-state index is 0.00803. The lowest BCUT2D eigenvalue weighted by molar-refractivity contribution is -0.219. The molecule has 2 bridgehead atoms. The highest BCUT2D eigenvalue weighted by molar-refractivity contribution is 5.91. The predicted octanol–water partition coefficient (Wildman–Crippen LogP) is 3.80. The van der Waals surface area contributed by atoms with Crippen LogP contribution >= 0.6 is 0 Å². The summed E-state index contributed by atoms with van der Waals surface area (Å²) in [4.78, 5) is 18.8. The van der Waals surface area contributed by atoms with E-state index in [1.54, 1.807) is 12.1 Å². The van der Waals surface area contributed by atoms with E-state index in [0.717, 1.165) is 5.56 Å². The zero-order valence-corrected chi connectivity index (χ0v) is 15.3. The monoisotopic (exact) mass is 398 g/mol. The van der Waals surface area contributed by atoms with Gasteiger partial charge >= 0.3 is 0 Å². The summed E-state index contributed by atoms with van der Waals surface area (Å²) in [6, 6.07) is 14.9. The Hall–Kier alpha value is -3.16. The standard InChI is InChI=1S/C21H17F3N4O/c22-16-6-8-17(9-7-16)28-19(13-4-2-1-3-5-13)25-18(26-28)20(29)27-11-14-10-15(12-27)21(14,23)24/h1-9,14-15H,10-12H2. The van der Waals surface area contributed by atoms with Crippen LogP contribution < -0.4 is 0 Å². The SMILES string of the molecule is O=C(c1nc(-c2ccccc2)n(-c2ccc(F)cc2)n1)N1CC2CC(C1)C2(F)F. The van der Waals surface area contributed by atoms with Crippen molar-refractivity contribution < 1.29 is 18.0 Å². The number of piperidine rings is 2. The number of carbonyl (C=O) groups excluding carboxylic acids is 1. The van der Waals surface area contributed by atoms with Crippen LogP contribution in [0, 0.1) is 17.7 Å². The fraction of sp³-hybridized carbons (Fsp3) is 0.286. The second kappa shape index (κ2) is 6.43. The molecule has 0 N–H and O–H groups in total. The number of rotatable bonds is 3. The van der Waals surface area contributed by atoms with Gasteiger partial charge < -0.3 is 4.90 Å². The van der Waals surface area contributed by atoms with Gasteiger partial charge in [-0.25, -0.2) is 22.8 Å². The fourth-order valence-corrected chi connectivity index (χ4v) is 4.08. The molecule has 29 heavy (non-hydrogen) atoms. The van der Waals surface area contributed by atoms with Crippen molar-refractivity contribution in [3.8, 4) is 17.1 Å². The number of halogens is 3. The van der Waals surface area contributed by atoms with Gasteiger partial charge in [-0.3, -0.25) is 4.79 Å². The minimum Gasteiger partial charge on any atom is -0.335 e. The average Bonchev–Trinajstić information content (AvgIpc) is 3.20. The third-order valence-corrected chi connectivity index (χ3v) is 5.73. The maximum Gasteiger partial charge on any atom is 0.293 e. The van der Waals surface area contributed by atoms with Gasteiger partial charge in [0.1, 0.15) is 5.82 Å². The maximum atomic E-state index is 13.8. The quantitative estimate of drug-likeness (QED) is 0.674. The number of aromatic nitrogens is 3. The second-order valence-electron chi connectivity index (χ2n) is 7.53. The van der Waals surface area contributed by atoms with Gasteiger partial charge in [0.15, 0.2) is 5.82 Å². The van der Waals surface area contributed by atoms with Gasteiger partial charge in [0.25, 0.3) is 11.8 Å². The molecule has 8 heteroatoms. The Kier molecular flexibility index (Phi) is 3.97. The molecule has 148 valence electrons. The maximum absolute atomic E-state index is 13.8. The van der Waals surface area contributed by atoms with E-state index in [1.807, 2.05) is 30.3 Å². The third-order valence-electron chi connectivity index (χ3n) is 5.73. The number of carbonyl (C=O) groups is 1. The number of hydrogen-bond donors (Lipinski definition) is 0. The van der Waals surface area contributed by atoms with E-state index in [1.165, 1.54) is 21.7 Å². The molecule has 2 aliphatic heterocycles. The molecule has 3 heterocycles. The van der Waals surface area contributed by atoms with Crippen molar-refractivity contribution in [1.29, 1.82) is 0 Å². The van der Waals surface area contributed by atoms with Crippen LogP contribution in [-0.2, 0) is 0 Å². The van der Waals surface area contributed by atoms with Crippen LogP contribution in [0.1, 0.15) is 17.0 Å². The van der Waals surface area contributed by atoms with Crippen molar-refractivity contribution in [3.05, 3.63) is 66.2 Å². The molecule has 2 aromatic carbocycles. The second-order valence-corrected chi connectivity index (χ2v) is 7.53. The van der Waals surface area contributed by atoms with Crippen LogP contribution in [0.4, 0.5) is 13.2 Å². The lowest BCUT2D eigenvalue weighted by Crippen LogP contribution is -2.63. The molecule has 1 amide bonds. The summed E-state index contributed by atoms with van der Waals surface area (Å²) in [5.41, 5.74) is 1.28. The molecule has 3 fully saturated rings. The minimum atomic E-state index is -2.69. The molecular weight excluding hydrogens is 381 g/mol. The number of amides is 1. The van der Waals surface area contributed by atoms with Crippen LogP contribution in [0.3, 0.4) is 0 Å². The number of hydrogen-bond acceptors (Lipinski definition) is 3. The van der Waals surface area contributed by atoms with E-state index < -0.39 is 23.7 Å². The summed E-state index contributed by atoms with van der Waals surface area (Å²) < 4.78 is 42.5. The summed E-state index contributed by atoms with van der Waals surface area (Å²) in [7, 11) is 0. The zero-order valence-electron chi connectivity index (χ0n) is 15.3. The number of benzene rings is 2. The zero-order chi connectivity index (χ0) is 20.2. The molecule has 1 aliphatic carbocycles. The van der Waals surface area contributed by atoms with Crippen LogP contribution in [-0.4, -0.2) is 44.6 Å². The Morgan fingerprint density at radius 3 is 2.28 bits per heavy atom. The van der Waals surface area contributed by atoms with Gasteiger partial charge in [0, 0.05) is 30.5 Å². The molecular formula is C21H17F3N4O. The summed E-state index contributed by atoms with van der Waals surface area (Å²) in [5.74, 6) is -4.76. The first kappa shape index (κ1) is 17.9. The van der Waals surface area contributed by atoms with Crippen molar-refractivity contribution in [1.82, 2.24) is 19.7 Å². The van der Waals surface area contributed by atoms with Crippen molar-refractivity contribution in [2.24, 2.45) is 11.8 Å². The van der Waals surface area contributed by atoms with Gasteiger partial charge in [-0.05, 0) is 30.7 Å². The summed E-state index contributed by atoms with van der Waals surface area (Å²) >= 11 is 0. The number of alkyl halides is 2. The largest absolute Gasteiger partial charge is 0.335 e. The van der Waals surface area contributed by atoms with E-state index in [-0.39, 0.29) is 24.7 Å². The molecule has 0 radical (unpaired) electrons. The molecule has 3 aromatic rings. The Bertz CT molecular complexity index is 1050. The van der Waals surface area contributed by atoms with E-state index in [9.17, 15) is 18.0 Å². The Balaban J connectivity index is 1.51. The van der Waals surface area contributed by atoms with Crippen molar-refractivity contribution in [3.63, 3.8) is 0 Å². The highest BCUT2D eigenvalue weighted by Crippen LogP contribution is 2.52. The molecule has 6 rings (SSSR count). The highest BCUT2D eigenvalue weighted by atomic mass is 19.3. The van der Waals surface area contributed by atoms with E-state index in [0.29, 0.717) is 17.9 Å². The molecule has 0 spiro atoms. The van der Waals surface area contributed by atoms with E-state index >= 15 is 0 Å². The predicted molar refractivity (Wildman–Crippen MR) is 99.2 cm³/mol. The third kappa shape index (κ3) is 2.90. The van der Waals surface area contributed by atoms with E-state index in [4.69, 9.17) is 0 Å². The van der Waals surface area contributed by atoms with Crippen LogP contribution in [0.2, 0.25) is 0 Å². The van der Waals surface area contributed by atoms with Crippen LogP contribution in [0.5, 0.6) is 0 Å². The first-order valence-electron chi connectivity index (χ1n) is 9.39. The van der Waals surface area contributed by atoms with Crippen molar-refractivity contribution in [2.75, 3.05) is 13.1 Å². The molecule has 2 saturated heterocycles. The molecule has 5 nitrogen and oxygen atoms in total. The number of nitrogens with zero attached hydrogens (tertiary/aromatic N) is 4. The van der Waals surface area contributed by atoms with Gasteiger partial charge in [0.05, 0.1) is 5.69 Å². The topological polar surface area (TPSA) is 51.0 Å². The molecule has 1 aromatic heterocycles. The Morgan fingerprint density at radius 2 is 1.66 bits per heavy atom. The lowest BCUT2D eigenvalue weighted by atomic mass is 9.67.